The molecule has 1 N–H and O–H groups in total. The lowest BCUT2D eigenvalue weighted by Gasteiger charge is -2.27. The Balaban J connectivity index is 1.92. The van der Waals surface area contributed by atoms with Crippen LogP contribution in [0.1, 0.15) is 5.56 Å². The molecule has 0 aliphatic carbocycles. The van der Waals surface area contributed by atoms with Crippen LogP contribution in [0.25, 0.3) is 11.3 Å². The summed E-state index contributed by atoms with van der Waals surface area (Å²) in [5.41, 5.74) is 2.64. The van der Waals surface area contributed by atoms with Gasteiger partial charge in [0.25, 0.3) is 0 Å². The number of aromatic amines is 1. The van der Waals surface area contributed by atoms with Crippen LogP contribution >= 0.6 is 0 Å². The first-order valence-electron chi connectivity index (χ1n) is 6.92. The molecule has 2 aromatic rings. The second kappa shape index (κ2) is 5.90. The van der Waals surface area contributed by atoms with Crippen molar-refractivity contribution in [2.24, 2.45) is 0 Å². The highest BCUT2D eigenvalue weighted by atomic mass is 16.5. The molecule has 2 heterocycles. The van der Waals surface area contributed by atoms with Gasteiger partial charge in [-0.3, -0.25) is 0 Å². The second-order valence-corrected chi connectivity index (χ2v) is 4.89. The van der Waals surface area contributed by atoms with E-state index >= 15 is 0 Å². The summed E-state index contributed by atoms with van der Waals surface area (Å²) in [6.45, 7) is 3.00. The largest absolute Gasteiger partial charge is 0.497 e. The molecule has 0 bridgehead atoms. The highest BCUT2D eigenvalue weighted by Crippen LogP contribution is 2.28. The number of aromatic nitrogens is 1. The average molecular weight is 283 g/mol. The summed E-state index contributed by atoms with van der Waals surface area (Å²) in [4.78, 5) is 5.53. The Morgan fingerprint density at radius 3 is 2.57 bits per heavy atom. The van der Waals surface area contributed by atoms with Crippen molar-refractivity contribution in [1.82, 2.24) is 4.98 Å². The average Bonchev–Trinajstić information content (AvgIpc) is 3.00. The fourth-order valence-corrected chi connectivity index (χ4v) is 2.49. The summed E-state index contributed by atoms with van der Waals surface area (Å²) in [6, 6.07) is 12.0. The maximum atomic E-state index is 9.34. The fourth-order valence-electron chi connectivity index (χ4n) is 2.49. The molecule has 5 heteroatoms. The van der Waals surface area contributed by atoms with Crippen molar-refractivity contribution in [3.05, 3.63) is 35.9 Å². The van der Waals surface area contributed by atoms with Crippen molar-refractivity contribution in [2.45, 2.75) is 0 Å². The third kappa shape index (κ3) is 2.71. The molecule has 1 aliphatic heterocycles. The number of nitrogens with one attached hydrogen (secondary N) is 1. The van der Waals surface area contributed by atoms with Gasteiger partial charge in [-0.2, -0.15) is 5.26 Å². The van der Waals surface area contributed by atoms with E-state index in [2.05, 4.69) is 16.0 Å². The smallest absolute Gasteiger partial charge is 0.124 e. The number of H-pyrrole nitrogens is 1. The number of rotatable bonds is 3. The first-order chi connectivity index (χ1) is 10.3. The van der Waals surface area contributed by atoms with Gasteiger partial charge in [-0.25, -0.2) is 0 Å². The van der Waals surface area contributed by atoms with Crippen molar-refractivity contribution in [2.75, 3.05) is 38.3 Å². The Morgan fingerprint density at radius 1 is 1.24 bits per heavy atom. The SMILES string of the molecule is COc1ccc(-c2cc(C#N)c(N3CCOCC3)[nH]2)cc1. The summed E-state index contributed by atoms with van der Waals surface area (Å²) in [7, 11) is 1.65. The van der Waals surface area contributed by atoms with E-state index in [-0.39, 0.29) is 0 Å². The van der Waals surface area contributed by atoms with Gasteiger partial charge in [0.15, 0.2) is 0 Å². The van der Waals surface area contributed by atoms with Gasteiger partial charge in [0, 0.05) is 18.8 Å². The monoisotopic (exact) mass is 283 g/mol. The summed E-state index contributed by atoms with van der Waals surface area (Å²) in [5, 5.41) is 9.34. The van der Waals surface area contributed by atoms with Gasteiger partial charge >= 0.3 is 0 Å². The van der Waals surface area contributed by atoms with E-state index in [1.807, 2.05) is 30.3 Å². The normalized spacial score (nSPS) is 14.8. The van der Waals surface area contributed by atoms with Crippen LogP contribution in [-0.4, -0.2) is 38.4 Å². The van der Waals surface area contributed by atoms with Crippen molar-refractivity contribution in [3.63, 3.8) is 0 Å². The Morgan fingerprint density at radius 2 is 1.95 bits per heavy atom. The lowest BCUT2D eigenvalue weighted by atomic mass is 10.1. The molecule has 0 saturated carbocycles. The highest BCUT2D eigenvalue weighted by molar-refractivity contribution is 5.69. The number of hydrogen-bond donors (Lipinski definition) is 1. The van der Waals surface area contributed by atoms with Gasteiger partial charge in [0.1, 0.15) is 17.6 Å². The lowest BCUT2D eigenvalue weighted by Crippen LogP contribution is -2.36. The predicted molar refractivity (Wildman–Crippen MR) is 80.5 cm³/mol. The van der Waals surface area contributed by atoms with E-state index in [0.717, 1.165) is 35.9 Å². The molecule has 21 heavy (non-hydrogen) atoms. The van der Waals surface area contributed by atoms with Gasteiger partial charge in [0.2, 0.25) is 0 Å². The van der Waals surface area contributed by atoms with Crippen LogP contribution in [0.4, 0.5) is 5.82 Å². The van der Waals surface area contributed by atoms with Crippen LogP contribution in [0.15, 0.2) is 30.3 Å². The first kappa shape index (κ1) is 13.5. The minimum atomic E-state index is 0.669. The number of nitriles is 1. The van der Waals surface area contributed by atoms with E-state index in [9.17, 15) is 5.26 Å². The standard InChI is InChI=1S/C16H17N3O2/c1-20-14-4-2-12(3-5-14)15-10-13(11-17)16(18-15)19-6-8-21-9-7-19/h2-5,10,18H,6-9H2,1H3. The summed E-state index contributed by atoms with van der Waals surface area (Å²) in [5.74, 6) is 1.70. The number of ether oxygens (including phenoxy) is 2. The van der Waals surface area contributed by atoms with E-state index in [0.29, 0.717) is 18.8 Å². The Bertz CT molecular complexity index is 649. The number of nitrogens with zero attached hydrogens (tertiary/aromatic N) is 2. The molecule has 1 aromatic heterocycles. The molecule has 3 rings (SSSR count). The minimum Gasteiger partial charge on any atom is -0.497 e. The van der Waals surface area contributed by atoms with E-state index in [1.165, 1.54) is 0 Å². The zero-order valence-corrected chi connectivity index (χ0v) is 11.9. The van der Waals surface area contributed by atoms with Gasteiger partial charge in [0.05, 0.1) is 25.9 Å². The van der Waals surface area contributed by atoms with E-state index in [4.69, 9.17) is 9.47 Å². The van der Waals surface area contributed by atoms with Crippen molar-refractivity contribution < 1.29 is 9.47 Å². The molecule has 0 amide bonds. The lowest BCUT2D eigenvalue weighted by molar-refractivity contribution is 0.122. The zero-order valence-electron chi connectivity index (χ0n) is 11.9. The zero-order chi connectivity index (χ0) is 14.7. The highest BCUT2D eigenvalue weighted by Gasteiger charge is 2.18. The maximum Gasteiger partial charge on any atom is 0.124 e. The predicted octanol–water partition coefficient (Wildman–Crippen LogP) is 2.40. The van der Waals surface area contributed by atoms with Gasteiger partial charge in [-0.05, 0) is 35.9 Å². The number of hydrogen-bond acceptors (Lipinski definition) is 4. The minimum absolute atomic E-state index is 0.669. The van der Waals surface area contributed by atoms with E-state index < -0.39 is 0 Å². The number of methoxy groups -OCH3 is 1. The van der Waals surface area contributed by atoms with Crippen LogP contribution in [0, 0.1) is 11.3 Å². The summed E-state index contributed by atoms with van der Waals surface area (Å²) in [6.07, 6.45) is 0. The summed E-state index contributed by atoms with van der Waals surface area (Å²) < 4.78 is 10.5. The van der Waals surface area contributed by atoms with Gasteiger partial charge in [-0.15, -0.1) is 0 Å². The van der Waals surface area contributed by atoms with Crippen LogP contribution in [-0.2, 0) is 4.74 Å². The number of benzene rings is 1. The first-order valence-corrected chi connectivity index (χ1v) is 6.92. The van der Waals surface area contributed by atoms with Crippen molar-refractivity contribution in [3.8, 4) is 23.1 Å². The van der Waals surface area contributed by atoms with E-state index in [1.54, 1.807) is 7.11 Å². The molecule has 5 nitrogen and oxygen atoms in total. The molecule has 0 atom stereocenters. The summed E-state index contributed by atoms with van der Waals surface area (Å²) >= 11 is 0. The van der Waals surface area contributed by atoms with Crippen LogP contribution in [0.5, 0.6) is 5.75 Å². The quantitative estimate of drug-likeness (QED) is 0.939. The molecule has 1 aromatic carbocycles. The molecule has 1 fully saturated rings. The molecular formula is C16H17N3O2. The Labute approximate surface area is 123 Å². The molecule has 1 saturated heterocycles. The van der Waals surface area contributed by atoms with Crippen LogP contribution < -0.4 is 9.64 Å². The number of morpholine rings is 1. The Kier molecular flexibility index (Phi) is 3.80. The van der Waals surface area contributed by atoms with Crippen LogP contribution in [0.3, 0.4) is 0 Å². The molecule has 0 unspecified atom stereocenters. The molecule has 0 spiro atoms. The molecule has 1 aliphatic rings. The topological polar surface area (TPSA) is 61.3 Å². The van der Waals surface area contributed by atoms with Crippen molar-refractivity contribution in [1.29, 1.82) is 5.26 Å². The molecule has 0 radical (unpaired) electrons. The van der Waals surface area contributed by atoms with Gasteiger partial charge in [-0.1, -0.05) is 0 Å². The van der Waals surface area contributed by atoms with Gasteiger partial charge < -0.3 is 19.4 Å². The Hall–Kier alpha value is -2.45. The second-order valence-electron chi connectivity index (χ2n) is 4.89. The number of anilines is 1. The van der Waals surface area contributed by atoms with Crippen LogP contribution in [0.2, 0.25) is 0 Å². The molecular weight excluding hydrogens is 266 g/mol. The maximum absolute atomic E-state index is 9.34. The van der Waals surface area contributed by atoms with Crippen molar-refractivity contribution >= 4 is 5.82 Å². The molecule has 108 valence electrons. The third-order valence-electron chi connectivity index (χ3n) is 3.65. The third-order valence-corrected chi connectivity index (χ3v) is 3.65. The fraction of sp³-hybridized carbons (Fsp3) is 0.312.